The van der Waals surface area contributed by atoms with E-state index in [-0.39, 0.29) is 0 Å². The van der Waals surface area contributed by atoms with E-state index in [1.54, 1.807) is 16.6 Å². The zero-order valence-electron chi connectivity index (χ0n) is 18.3. The molecule has 0 spiro atoms. The molecule has 8 nitrogen and oxygen atoms in total. The first-order valence-electron chi connectivity index (χ1n) is 10.9. The Morgan fingerprint density at radius 3 is 2.61 bits per heavy atom. The Bertz CT molecular complexity index is 1350. The van der Waals surface area contributed by atoms with Crippen LogP contribution < -0.4 is 10.1 Å². The normalized spacial score (nSPS) is 11.2. The highest BCUT2D eigenvalue weighted by atomic mass is 16.5. The van der Waals surface area contributed by atoms with Crippen molar-refractivity contribution in [1.29, 1.82) is 0 Å². The molecule has 0 amide bonds. The van der Waals surface area contributed by atoms with Crippen LogP contribution in [0.15, 0.2) is 77.3 Å². The predicted octanol–water partition coefficient (Wildman–Crippen LogP) is 4.00. The molecule has 8 heteroatoms. The van der Waals surface area contributed by atoms with Crippen LogP contribution in [0.5, 0.6) is 5.88 Å². The van der Waals surface area contributed by atoms with Gasteiger partial charge in [0.1, 0.15) is 12.4 Å². The fourth-order valence-electron chi connectivity index (χ4n) is 3.58. The third-order valence-electron chi connectivity index (χ3n) is 5.24. The van der Waals surface area contributed by atoms with Gasteiger partial charge >= 0.3 is 0 Å². The van der Waals surface area contributed by atoms with E-state index >= 15 is 0 Å². The molecule has 3 heterocycles. The van der Waals surface area contributed by atoms with Crippen LogP contribution in [-0.4, -0.2) is 31.5 Å². The number of benzene rings is 2. The summed E-state index contributed by atoms with van der Waals surface area (Å²) >= 11 is 0. The Labute approximate surface area is 191 Å². The van der Waals surface area contributed by atoms with Gasteiger partial charge in [-0.1, -0.05) is 59.8 Å². The third-order valence-corrected chi connectivity index (χ3v) is 5.24. The molecule has 0 radical (unpaired) electrons. The van der Waals surface area contributed by atoms with Gasteiger partial charge in [0.15, 0.2) is 11.3 Å². The Kier molecular flexibility index (Phi) is 6.08. The summed E-state index contributed by atoms with van der Waals surface area (Å²) in [6, 6.07) is 24.3. The molecule has 0 bridgehead atoms. The summed E-state index contributed by atoms with van der Waals surface area (Å²) in [5.41, 5.74) is 4.83. The van der Waals surface area contributed by atoms with E-state index in [0.29, 0.717) is 35.4 Å². The van der Waals surface area contributed by atoms with Gasteiger partial charge < -0.3 is 14.6 Å². The zero-order chi connectivity index (χ0) is 22.5. The average molecular weight is 441 g/mol. The number of fused-ring (bicyclic) bond motifs is 1. The third kappa shape index (κ3) is 5.07. The summed E-state index contributed by atoms with van der Waals surface area (Å²) in [5, 5.41) is 20.3. The Morgan fingerprint density at radius 1 is 0.909 bits per heavy atom. The zero-order valence-corrected chi connectivity index (χ0v) is 18.3. The number of rotatable bonds is 9. The quantitative estimate of drug-likeness (QED) is 0.347. The molecule has 2 aromatic carbocycles. The number of nitrogens with one attached hydrogen (secondary N) is 1. The van der Waals surface area contributed by atoms with Gasteiger partial charge in [0.05, 0.1) is 0 Å². The van der Waals surface area contributed by atoms with Crippen molar-refractivity contribution in [3.8, 4) is 17.4 Å². The number of aryl methyl sites for hydroxylation is 1. The minimum atomic E-state index is 0.414. The van der Waals surface area contributed by atoms with E-state index in [9.17, 15) is 0 Å². The molecule has 3 aromatic heterocycles. The fraction of sp³-hybridized carbons (Fsp3) is 0.200. The largest absolute Gasteiger partial charge is 0.472 e. The number of aromatic nitrogens is 5. The van der Waals surface area contributed by atoms with Gasteiger partial charge in [0.25, 0.3) is 0 Å². The van der Waals surface area contributed by atoms with E-state index in [0.717, 1.165) is 25.1 Å². The van der Waals surface area contributed by atoms with Crippen LogP contribution in [0.2, 0.25) is 0 Å². The molecular formula is C25H24N6O2. The summed E-state index contributed by atoms with van der Waals surface area (Å²) in [4.78, 5) is 0. The van der Waals surface area contributed by atoms with Crippen LogP contribution in [0.4, 0.5) is 0 Å². The van der Waals surface area contributed by atoms with Crippen LogP contribution in [0, 0.1) is 6.92 Å². The van der Waals surface area contributed by atoms with Crippen molar-refractivity contribution in [3.63, 3.8) is 0 Å². The molecule has 0 saturated carbocycles. The molecule has 0 atom stereocenters. The number of nitrogens with zero attached hydrogens (tertiary/aromatic N) is 5. The van der Waals surface area contributed by atoms with Gasteiger partial charge in [0, 0.05) is 18.7 Å². The van der Waals surface area contributed by atoms with Crippen molar-refractivity contribution in [3.05, 3.63) is 95.2 Å². The molecule has 166 valence electrons. The van der Waals surface area contributed by atoms with Crippen molar-refractivity contribution >= 4 is 5.65 Å². The lowest BCUT2D eigenvalue weighted by Crippen LogP contribution is -2.16. The maximum absolute atomic E-state index is 5.95. The summed E-state index contributed by atoms with van der Waals surface area (Å²) in [6.07, 6.45) is 1.01. The molecule has 33 heavy (non-hydrogen) atoms. The molecular weight excluding hydrogens is 416 g/mol. The van der Waals surface area contributed by atoms with Gasteiger partial charge in [0.2, 0.25) is 11.7 Å². The minimum Gasteiger partial charge on any atom is -0.472 e. The van der Waals surface area contributed by atoms with Crippen LogP contribution in [-0.2, 0) is 19.6 Å². The summed E-state index contributed by atoms with van der Waals surface area (Å²) in [7, 11) is 0. The van der Waals surface area contributed by atoms with E-state index in [4.69, 9.17) is 9.26 Å². The molecule has 5 aromatic rings. The lowest BCUT2D eigenvalue weighted by molar-refractivity contribution is 0.289. The van der Waals surface area contributed by atoms with Gasteiger partial charge in [-0.3, -0.25) is 0 Å². The lowest BCUT2D eigenvalue weighted by Gasteiger charge is -2.09. The number of ether oxygens (including phenoxy) is 1. The first-order valence-corrected chi connectivity index (χ1v) is 10.9. The van der Waals surface area contributed by atoms with E-state index in [2.05, 4.69) is 62.2 Å². The predicted molar refractivity (Wildman–Crippen MR) is 124 cm³/mol. The molecule has 0 saturated heterocycles. The van der Waals surface area contributed by atoms with E-state index < -0.39 is 0 Å². The highest BCUT2D eigenvalue weighted by Gasteiger charge is 2.14. The molecule has 5 rings (SSSR count). The van der Waals surface area contributed by atoms with Crippen molar-refractivity contribution in [2.45, 2.75) is 26.5 Å². The monoisotopic (exact) mass is 440 g/mol. The van der Waals surface area contributed by atoms with Crippen molar-refractivity contribution in [2.24, 2.45) is 0 Å². The van der Waals surface area contributed by atoms with E-state index in [1.165, 1.54) is 11.1 Å². The molecule has 0 fully saturated rings. The maximum atomic E-state index is 5.95. The molecule has 0 unspecified atom stereocenters. The second-order valence-electron chi connectivity index (χ2n) is 7.81. The highest BCUT2D eigenvalue weighted by molar-refractivity contribution is 5.54. The smallest absolute Gasteiger partial charge is 0.232 e. The summed E-state index contributed by atoms with van der Waals surface area (Å²) in [5.74, 6) is 1.69. The van der Waals surface area contributed by atoms with Crippen LogP contribution in [0.25, 0.3) is 17.2 Å². The van der Waals surface area contributed by atoms with Crippen LogP contribution in [0.3, 0.4) is 0 Å². The molecule has 0 aliphatic carbocycles. The first kappa shape index (κ1) is 20.8. The van der Waals surface area contributed by atoms with Gasteiger partial charge in [-0.05, 0) is 42.6 Å². The van der Waals surface area contributed by atoms with Crippen LogP contribution in [0.1, 0.15) is 22.5 Å². The summed E-state index contributed by atoms with van der Waals surface area (Å²) in [6.45, 7) is 3.98. The van der Waals surface area contributed by atoms with Gasteiger partial charge in [-0.15, -0.1) is 15.3 Å². The topological polar surface area (TPSA) is 90.4 Å². The number of hydrogen-bond acceptors (Lipinski definition) is 7. The molecule has 0 aliphatic rings. The second-order valence-corrected chi connectivity index (χ2v) is 7.81. The second kappa shape index (κ2) is 9.62. The number of hydrogen-bond donors (Lipinski definition) is 1. The maximum Gasteiger partial charge on any atom is 0.232 e. The van der Waals surface area contributed by atoms with Crippen molar-refractivity contribution in [1.82, 2.24) is 30.3 Å². The fourth-order valence-corrected chi connectivity index (χ4v) is 3.58. The molecule has 1 N–H and O–H groups in total. The first-order chi connectivity index (χ1) is 16.2. The summed E-state index contributed by atoms with van der Waals surface area (Å²) < 4.78 is 12.7. The van der Waals surface area contributed by atoms with E-state index in [1.807, 2.05) is 31.2 Å². The SMILES string of the molecule is Cc1cc(-c2nnc3ccc(OCc4cccc(CNCCc5ccccc5)c4)nn23)no1. The van der Waals surface area contributed by atoms with Gasteiger partial charge in [-0.2, -0.15) is 4.52 Å². The van der Waals surface area contributed by atoms with Crippen LogP contribution >= 0.6 is 0 Å². The highest BCUT2D eigenvalue weighted by Crippen LogP contribution is 2.19. The van der Waals surface area contributed by atoms with Crippen molar-refractivity contribution in [2.75, 3.05) is 6.54 Å². The Hall–Kier alpha value is -4.04. The Morgan fingerprint density at radius 2 is 1.76 bits per heavy atom. The lowest BCUT2D eigenvalue weighted by atomic mass is 10.1. The standard InChI is InChI=1S/C25H24N6O2/c1-18-14-22(30-33-18)25-28-27-23-10-11-24(29-31(23)25)32-17-21-9-5-8-20(15-21)16-26-13-12-19-6-3-2-4-7-19/h2-11,14-15,26H,12-13,16-17H2,1H3. The average Bonchev–Trinajstić information content (AvgIpc) is 3.47. The molecule has 0 aliphatic heterocycles. The Balaban J connectivity index is 1.20. The van der Waals surface area contributed by atoms with Crippen molar-refractivity contribution < 1.29 is 9.26 Å². The van der Waals surface area contributed by atoms with Gasteiger partial charge in [-0.25, -0.2) is 0 Å². The minimum absolute atomic E-state index is 0.414.